The van der Waals surface area contributed by atoms with Crippen LogP contribution in [-0.4, -0.2) is 57.9 Å². The number of hydrogen-bond donors (Lipinski definition) is 1. The van der Waals surface area contributed by atoms with E-state index in [4.69, 9.17) is 4.52 Å². The summed E-state index contributed by atoms with van der Waals surface area (Å²) < 4.78 is 5.43. The normalized spacial score (nSPS) is 19.0. The number of carbonyl (C=O) groups is 1. The Morgan fingerprint density at radius 3 is 2.89 bits per heavy atom. The molecule has 7 nitrogen and oxygen atoms in total. The lowest BCUT2D eigenvalue weighted by molar-refractivity contribution is -0.119. The topological polar surface area (TPSA) is 84.2 Å². The molecule has 1 aliphatic heterocycles. The first-order valence-corrected chi connectivity index (χ1v) is 10.6. The highest BCUT2D eigenvalue weighted by molar-refractivity contribution is 8.00. The summed E-state index contributed by atoms with van der Waals surface area (Å²) in [7, 11) is 2.12. The summed E-state index contributed by atoms with van der Waals surface area (Å²) in [5, 5.41) is 8.03. The first-order valence-electron chi connectivity index (χ1n) is 9.59. The summed E-state index contributed by atoms with van der Waals surface area (Å²) in [6, 6.07) is 4.07. The molecule has 0 bridgehead atoms. The SMILES string of the molecule is CN1CCC(NC(=O)CSc2ncccc2-c2noc(C3CCC3)n2)CC1. The van der Waals surface area contributed by atoms with Crippen molar-refractivity contribution in [3.63, 3.8) is 0 Å². The minimum Gasteiger partial charge on any atom is -0.353 e. The van der Waals surface area contributed by atoms with Crippen molar-refractivity contribution in [2.24, 2.45) is 0 Å². The van der Waals surface area contributed by atoms with Gasteiger partial charge in [0.05, 0.1) is 11.3 Å². The zero-order chi connectivity index (χ0) is 18.6. The minimum absolute atomic E-state index is 0.0504. The van der Waals surface area contributed by atoms with Crippen LogP contribution in [-0.2, 0) is 4.79 Å². The number of rotatable bonds is 6. The minimum atomic E-state index is 0.0504. The molecule has 1 N–H and O–H groups in total. The summed E-state index contributed by atoms with van der Waals surface area (Å²) in [4.78, 5) is 23.6. The Morgan fingerprint density at radius 1 is 1.33 bits per heavy atom. The fraction of sp³-hybridized carbons (Fsp3) is 0.579. The number of nitrogens with zero attached hydrogens (tertiary/aromatic N) is 4. The van der Waals surface area contributed by atoms with Crippen molar-refractivity contribution in [1.29, 1.82) is 0 Å². The van der Waals surface area contributed by atoms with Crippen molar-refractivity contribution >= 4 is 17.7 Å². The van der Waals surface area contributed by atoms with E-state index in [1.54, 1.807) is 6.20 Å². The van der Waals surface area contributed by atoms with Crippen LogP contribution >= 0.6 is 11.8 Å². The summed E-state index contributed by atoms with van der Waals surface area (Å²) in [5.74, 6) is 2.07. The van der Waals surface area contributed by atoms with E-state index in [1.165, 1.54) is 18.2 Å². The average Bonchev–Trinajstić information content (AvgIpc) is 3.10. The molecular weight excluding hydrogens is 362 g/mol. The van der Waals surface area contributed by atoms with Crippen molar-refractivity contribution in [3.05, 3.63) is 24.2 Å². The number of hydrogen-bond acceptors (Lipinski definition) is 7. The van der Waals surface area contributed by atoms with Crippen LogP contribution in [0.1, 0.15) is 43.9 Å². The van der Waals surface area contributed by atoms with Gasteiger partial charge in [0.15, 0.2) is 0 Å². The van der Waals surface area contributed by atoms with Gasteiger partial charge in [0, 0.05) is 18.2 Å². The third-order valence-corrected chi connectivity index (χ3v) is 6.34. The molecule has 0 aromatic carbocycles. The zero-order valence-corrected chi connectivity index (χ0v) is 16.4. The van der Waals surface area contributed by atoms with Crippen molar-refractivity contribution in [2.75, 3.05) is 25.9 Å². The largest absolute Gasteiger partial charge is 0.353 e. The predicted molar refractivity (Wildman–Crippen MR) is 104 cm³/mol. The van der Waals surface area contributed by atoms with Gasteiger partial charge in [-0.25, -0.2) is 4.98 Å². The first kappa shape index (κ1) is 18.4. The molecule has 0 spiro atoms. The van der Waals surface area contributed by atoms with Gasteiger partial charge < -0.3 is 14.7 Å². The number of thioether (sulfide) groups is 1. The van der Waals surface area contributed by atoms with E-state index in [0.717, 1.165) is 55.3 Å². The predicted octanol–water partition coefficient (Wildman–Crippen LogP) is 2.70. The Hall–Kier alpha value is -1.93. The lowest BCUT2D eigenvalue weighted by Crippen LogP contribution is -2.43. The van der Waals surface area contributed by atoms with Crippen LogP contribution < -0.4 is 5.32 Å². The standard InChI is InChI=1S/C19H25N5O2S/c1-24-10-7-14(8-11-24)21-16(25)12-27-19-15(6-3-9-20-19)17-22-18(26-23-17)13-4-2-5-13/h3,6,9,13-14H,2,4-5,7-8,10-12H2,1H3,(H,21,25). The van der Waals surface area contributed by atoms with Gasteiger partial charge in [0.2, 0.25) is 17.6 Å². The van der Waals surface area contributed by atoms with Crippen LogP contribution in [0.25, 0.3) is 11.4 Å². The molecule has 4 rings (SSSR count). The molecular formula is C19H25N5O2S. The Kier molecular flexibility index (Phi) is 5.73. The summed E-state index contributed by atoms with van der Waals surface area (Å²) in [6.07, 6.45) is 7.21. The van der Waals surface area contributed by atoms with Gasteiger partial charge in [-0.1, -0.05) is 23.3 Å². The van der Waals surface area contributed by atoms with E-state index in [9.17, 15) is 4.79 Å². The molecule has 8 heteroatoms. The number of nitrogens with one attached hydrogen (secondary N) is 1. The van der Waals surface area contributed by atoms with Gasteiger partial charge in [-0.3, -0.25) is 4.79 Å². The van der Waals surface area contributed by atoms with Crippen LogP contribution in [0.4, 0.5) is 0 Å². The van der Waals surface area contributed by atoms with E-state index < -0.39 is 0 Å². The Bertz CT molecular complexity index is 784. The fourth-order valence-electron chi connectivity index (χ4n) is 3.40. The monoisotopic (exact) mass is 387 g/mol. The Balaban J connectivity index is 1.36. The maximum Gasteiger partial charge on any atom is 0.230 e. The van der Waals surface area contributed by atoms with E-state index in [2.05, 4.69) is 32.4 Å². The first-order chi connectivity index (χ1) is 13.2. The van der Waals surface area contributed by atoms with Gasteiger partial charge >= 0.3 is 0 Å². The molecule has 144 valence electrons. The molecule has 0 radical (unpaired) electrons. The number of carbonyl (C=O) groups excluding carboxylic acids is 1. The molecule has 2 aromatic heterocycles. The zero-order valence-electron chi connectivity index (χ0n) is 15.6. The molecule has 3 heterocycles. The van der Waals surface area contributed by atoms with Gasteiger partial charge in [0.25, 0.3) is 0 Å². The van der Waals surface area contributed by atoms with E-state index in [0.29, 0.717) is 17.5 Å². The summed E-state index contributed by atoms with van der Waals surface area (Å²) in [6.45, 7) is 2.06. The Morgan fingerprint density at radius 2 is 2.15 bits per heavy atom. The van der Waals surface area contributed by atoms with Crippen LogP contribution in [0.2, 0.25) is 0 Å². The van der Waals surface area contributed by atoms with Crippen molar-refractivity contribution in [3.8, 4) is 11.4 Å². The molecule has 2 aromatic rings. The number of piperidine rings is 1. The molecule has 1 saturated carbocycles. The lowest BCUT2D eigenvalue weighted by Gasteiger charge is -2.29. The van der Waals surface area contributed by atoms with Gasteiger partial charge in [-0.15, -0.1) is 0 Å². The highest BCUT2D eigenvalue weighted by atomic mass is 32.2. The third kappa shape index (κ3) is 4.50. The third-order valence-electron chi connectivity index (χ3n) is 5.33. The molecule has 0 atom stereocenters. The fourth-order valence-corrected chi connectivity index (χ4v) is 4.20. The van der Waals surface area contributed by atoms with Crippen molar-refractivity contribution in [2.45, 2.75) is 49.1 Å². The van der Waals surface area contributed by atoms with Gasteiger partial charge in [-0.2, -0.15) is 4.98 Å². The molecule has 1 aliphatic carbocycles. The van der Waals surface area contributed by atoms with E-state index in [1.807, 2.05) is 12.1 Å². The number of amides is 1. The summed E-state index contributed by atoms with van der Waals surface area (Å²) in [5.41, 5.74) is 0.823. The number of aromatic nitrogens is 3. The van der Waals surface area contributed by atoms with Crippen LogP contribution in [0.5, 0.6) is 0 Å². The number of likely N-dealkylation sites (tertiary alicyclic amines) is 1. The quantitative estimate of drug-likeness (QED) is 0.763. The van der Waals surface area contributed by atoms with Crippen LogP contribution in [0, 0.1) is 0 Å². The second kappa shape index (κ2) is 8.39. The highest BCUT2D eigenvalue weighted by Gasteiger charge is 2.26. The van der Waals surface area contributed by atoms with E-state index in [-0.39, 0.29) is 11.9 Å². The van der Waals surface area contributed by atoms with Gasteiger partial charge in [-0.05, 0) is 58.0 Å². The molecule has 2 aliphatic rings. The van der Waals surface area contributed by atoms with Crippen molar-refractivity contribution < 1.29 is 9.32 Å². The van der Waals surface area contributed by atoms with Crippen molar-refractivity contribution in [1.82, 2.24) is 25.3 Å². The van der Waals surface area contributed by atoms with Gasteiger partial charge in [0.1, 0.15) is 5.03 Å². The molecule has 1 amide bonds. The second-order valence-electron chi connectivity index (χ2n) is 7.37. The maximum absolute atomic E-state index is 12.3. The molecule has 0 unspecified atom stereocenters. The smallest absolute Gasteiger partial charge is 0.230 e. The lowest BCUT2D eigenvalue weighted by atomic mass is 9.85. The Labute approximate surface area is 163 Å². The van der Waals surface area contributed by atoms with E-state index >= 15 is 0 Å². The maximum atomic E-state index is 12.3. The number of pyridine rings is 1. The average molecular weight is 388 g/mol. The second-order valence-corrected chi connectivity index (χ2v) is 8.34. The molecule has 1 saturated heterocycles. The summed E-state index contributed by atoms with van der Waals surface area (Å²) >= 11 is 1.42. The van der Waals surface area contributed by atoms with Crippen LogP contribution in [0.15, 0.2) is 27.9 Å². The molecule has 2 fully saturated rings. The van der Waals surface area contributed by atoms with Crippen LogP contribution in [0.3, 0.4) is 0 Å². The highest BCUT2D eigenvalue weighted by Crippen LogP contribution is 2.36. The molecule has 27 heavy (non-hydrogen) atoms.